The SMILES string of the molecule is COCc1noc(CCN2C(=O)c3ccccc3N3C(=O)CC[C@]23C)n1. The predicted molar refractivity (Wildman–Crippen MR) is 91.3 cm³/mol. The maximum atomic E-state index is 13.1. The lowest BCUT2D eigenvalue weighted by Gasteiger charge is -2.48. The van der Waals surface area contributed by atoms with Gasteiger partial charge in [0.1, 0.15) is 12.3 Å². The summed E-state index contributed by atoms with van der Waals surface area (Å²) in [5, 5.41) is 3.84. The molecule has 0 N–H and O–H groups in total. The molecule has 2 aliphatic heterocycles. The normalized spacial score (nSPS) is 21.9. The largest absolute Gasteiger partial charge is 0.377 e. The van der Waals surface area contributed by atoms with Gasteiger partial charge in [-0.25, -0.2) is 0 Å². The van der Waals surface area contributed by atoms with Gasteiger partial charge in [0.05, 0.1) is 11.3 Å². The second-order valence-electron chi connectivity index (χ2n) is 6.71. The van der Waals surface area contributed by atoms with E-state index in [0.717, 1.165) is 0 Å². The molecule has 2 aliphatic rings. The van der Waals surface area contributed by atoms with Crippen LogP contribution in [-0.2, 0) is 22.6 Å². The molecule has 1 fully saturated rings. The summed E-state index contributed by atoms with van der Waals surface area (Å²) >= 11 is 0. The van der Waals surface area contributed by atoms with E-state index < -0.39 is 5.66 Å². The number of hydrogen-bond acceptors (Lipinski definition) is 6. The van der Waals surface area contributed by atoms with Crippen LogP contribution in [0.25, 0.3) is 0 Å². The zero-order valence-corrected chi connectivity index (χ0v) is 14.8. The topological polar surface area (TPSA) is 88.8 Å². The molecule has 8 heteroatoms. The number of methoxy groups -OCH3 is 1. The van der Waals surface area contributed by atoms with Crippen LogP contribution < -0.4 is 4.90 Å². The van der Waals surface area contributed by atoms with Gasteiger partial charge < -0.3 is 14.2 Å². The van der Waals surface area contributed by atoms with Gasteiger partial charge in [-0.3, -0.25) is 14.5 Å². The molecule has 8 nitrogen and oxygen atoms in total. The summed E-state index contributed by atoms with van der Waals surface area (Å²) in [6, 6.07) is 7.26. The van der Waals surface area contributed by atoms with Crippen LogP contribution in [0.15, 0.2) is 28.8 Å². The van der Waals surface area contributed by atoms with E-state index in [0.29, 0.717) is 48.8 Å². The van der Waals surface area contributed by atoms with E-state index in [2.05, 4.69) is 10.1 Å². The first-order valence-electron chi connectivity index (χ1n) is 8.59. The Kier molecular flexibility index (Phi) is 3.99. The number of para-hydroxylation sites is 1. The van der Waals surface area contributed by atoms with E-state index in [-0.39, 0.29) is 18.4 Å². The number of fused-ring (bicyclic) bond motifs is 3. The van der Waals surface area contributed by atoms with Crippen molar-refractivity contribution in [2.24, 2.45) is 0 Å². The maximum absolute atomic E-state index is 13.1. The minimum Gasteiger partial charge on any atom is -0.377 e. The molecule has 0 saturated carbocycles. The molecule has 0 unspecified atom stereocenters. The number of anilines is 1. The zero-order chi connectivity index (χ0) is 18.3. The Morgan fingerprint density at radius 2 is 2.12 bits per heavy atom. The molecule has 0 spiro atoms. The molecule has 1 atom stereocenters. The summed E-state index contributed by atoms with van der Waals surface area (Å²) in [6.45, 7) is 2.61. The summed E-state index contributed by atoms with van der Waals surface area (Å²) in [7, 11) is 1.56. The summed E-state index contributed by atoms with van der Waals surface area (Å²) in [6.07, 6.45) is 1.44. The maximum Gasteiger partial charge on any atom is 0.257 e. The monoisotopic (exact) mass is 356 g/mol. The van der Waals surface area contributed by atoms with E-state index in [9.17, 15) is 9.59 Å². The van der Waals surface area contributed by atoms with Crippen molar-refractivity contribution in [2.45, 2.75) is 38.5 Å². The van der Waals surface area contributed by atoms with Gasteiger partial charge in [0.15, 0.2) is 5.82 Å². The molecule has 1 aromatic heterocycles. The molecule has 2 amide bonds. The van der Waals surface area contributed by atoms with Gasteiger partial charge in [0, 0.05) is 26.5 Å². The first-order valence-corrected chi connectivity index (χ1v) is 8.59. The highest BCUT2D eigenvalue weighted by molar-refractivity contribution is 6.10. The Labute approximate surface area is 150 Å². The molecular weight excluding hydrogens is 336 g/mol. The Bertz CT molecular complexity index is 864. The van der Waals surface area contributed by atoms with E-state index >= 15 is 0 Å². The van der Waals surface area contributed by atoms with Gasteiger partial charge in [-0.15, -0.1) is 0 Å². The van der Waals surface area contributed by atoms with Crippen molar-refractivity contribution >= 4 is 17.5 Å². The van der Waals surface area contributed by atoms with Crippen molar-refractivity contribution in [3.8, 4) is 0 Å². The average molecular weight is 356 g/mol. The Hall–Kier alpha value is -2.74. The van der Waals surface area contributed by atoms with Gasteiger partial charge in [0.25, 0.3) is 5.91 Å². The van der Waals surface area contributed by atoms with Crippen molar-refractivity contribution in [2.75, 3.05) is 18.6 Å². The van der Waals surface area contributed by atoms with Crippen molar-refractivity contribution < 1.29 is 18.8 Å². The van der Waals surface area contributed by atoms with Crippen LogP contribution in [0.2, 0.25) is 0 Å². The van der Waals surface area contributed by atoms with E-state index in [1.54, 1.807) is 23.0 Å². The van der Waals surface area contributed by atoms with Gasteiger partial charge in [-0.2, -0.15) is 4.98 Å². The third-order valence-corrected chi connectivity index (χ3v) is 5.08. The number of rotatable bonds is 5. The highest BCUT2D eigenvalue weighted by atomic mass is 16.5. The van der Waals surface area contributed by atoms with Crippen LogP contribution in [0.1, 0.15) is 41.8 Å². The van der Waals surface area contributed by atoms with Crippen molar-refractivity contribution in [1.29, 1.82) is 0 Å². The minimum atomic E-state index is -0.669. The summed E-state index contributed by atoms with van der Waals surface area (Å²) < 4.78 is 10.2. The molecule has 0 aliphatic carbocycles. The van der Waals surface area contributed by atoms with Crippen LogP contribution in [-0.4, -0.2) is 46.2 Å². The molecule has 0 bridgehead atoms. The number of aromatic nitrogens is 2. The third-order valence-electron chi connectivity index (χ3n) is 5.08. The molecule has 1 aromatic carbocycles. The lowest BCUT2D eigenvalue weighted by atomic mass is 9.98. The van der Waals surface area contributed by atoms with Crippen LogP contribution in [0.3, 0.4) is 0 Å². The van der Waals surface area contributed by atoms with E-state index in [4.69, 9.17) is 9.26 Å². The van der Waals surface area contributed by atoms with E-state index in [1.807, 2.05) is 25.1 Å². The Balaban J connectivity index is 1.62. The fourth-order valence-electron chi connectivity index (χ4n) is 3.83. The third kappa shape index (κ3) is 2.48. The fourth-order valence-corrected chi connectivity index (χ4v) is 3.83. The minimum absolute atomic E-state index is 0.0395. The summed E-state index contributed by atoms with van der Waals surface area (Å²) in [5.41, 5.74) is 0.572. The number of carbonyl (C=O) groups is 2. The second kappa shape index (κ2) is 6.21. The van der Waals surface area contributed by atoms with Gasteiger partial charge in [0.2, 0.25) is 11.8 Å². The smallest absolute Gasteiger partial charge is 0.257 e. The quantitative estimate of drug-likeness (QED) is 0.811. The van der Waals surface area contributed by atoms with Crippen LogP contribution in [0.4, 0.5) is 5.69 Å². The number of hydrogen-bond donors (Lipinski definition) is 0. The number of carbonyl (C=O) groups excluding carboxylic acids is 2. The fraction of sp³-hybridized carbons (Fsp3) is 0.444. The predicted octanol–water partition coefficient (Wildman–Crippen LogP) is 1.76. The van der Waals surface area contributed by atoms with Gasteiger partial charge in [-0.1, -0.05) is 17.3 Å². The van der Waals surface area contributed by atoms with Crippen molar-refractivity contribution in [3.63, 3.8) is 0 Å². The van der Waals surface area contributed by atoms with E-state index in [1.165, 1.54) is 0 Å². The molecular formula is C18H20N4O4. The van der Waals surface area contributed by atoms with Crippen molar-refractivity contribution in [1.82, 2.24) is 15.0 Å². The Morgan fingerprint density at radius 1 is 1.31 bits per heavy atom. The van der Waals surface area contributed by atoms with Crippen molar-refractivity contribution in [3.05, 3.63) is 41.5 Å². The Morgan fingerprint density at radius 3 is 2.92 bits per heavy atom. The highest BCUT2D eigenvalue weighted by Gasteiger charge is 2.52. The number of amides is 2. The molecule has 3 heterocycles. The van der Waals surface area contributed by atoms with Gasteiger partial charge >= 0.3 is 0 Å². The molecule has 4 rings (SSSR count). The number of nitrogens with zero attached hydrogens (tertiary/aromatic N) is 4. The average Bonchev–Trinajstić information content (AvgIpc) is 3.20. The molecule has 2 aromatic rings. The van der Waals surface area contributed by atoms with Crippen LogP contribution >= 0.6 is 0 Å². The summed E-state index contributed by atoms with van der Waals surface area (Å²) in [4.78, 5) is 33.4. The second-order valence-corrected chi connectivity index (χ2v) is 6.71. The van der Waals surface area contributed by atoms with Crippen LogP contribution in [0.5, 0.6) is 0 Å². The van der Waals surface area contributed by atoms with Crippen LogP contribution in [0, 0.1) is 0 Å². The zero-order valence-electron chi connectivity index (χ0n) is 14.8. The summed E-state index contributed by atoms with van der Waals surface area (Å²) in [5.74, 6) is 0.883. The molecule has 136 valence electrons. The first-order chi connectivity index (χ1) is 12.5. The first kappa shape index (κ1) is 16.7. The lowest BCUT2D eigenvalue weighted by Crippen LogP contribution is -2.62. The highest BCUT2D eigenvalue weighted by Crippen LogP contribution is 2.43. The number of ether oxygens (including phenoxy) is 1. The van der Waals surface area contributed by atoms with Gasteiger partial charge in [-0.05, 0) is 25.5 Å². The number of benzene rings is 1. The molecule has 0 radical (unpaired) electrons. The molecule has 26 heavy (non-hydrogen) atoms. The standard InChI is InChI=1S/C18H20N4O4/c1-18-9-7-16(23)22(18)13-6-4-3-5-12(13)17(24)21(18)10-8-15-19-14(11-25-2)20-26-15/h3-6H,7-11H2,1-2H3/t18-/m1/s1. The lowest BCUT2D eigenvalue weighted by molar-refractivity contribution is -0.117. The molecule has 1 saturated heterocycles.